The van der Waals surface area contributed by atoms with Crippen molar-refractivity contribution in [3.63, 3.8) is 0 Å². The third-order valence-corrected chi connectivity index (χ3v) is 2.52. The third kappa shape index (κ3) is 2.42. The quantitative estimate of drug-likeness (QED) is 0.678. The summed E-state index contributed by atoms with van der Waals surface area (Å²) in [5, 5.41) is 8.01. The zero-order valence-electron chi connectivity index (χ0n) is 9.23. The summed E-state index contributed by atoms with van der Waals surface area (Å²) in [5.41, 5.74) is 2.10. The van der Waals surface area contributed by atoms with E-state index in [9.17, 15) is 0 Å². The van der Waals surface area contributed by atoms with E-state index in [1.54, 1.807) is 0 Å². The Kier molecular flexibility index (Phi) is 2.82. The van der Waals surface area contributed by atoms with Gasteiger partial charge in [-0.05, 0) is 18.9 Å². The highest BCUT2D eigenvalue weighted by Crippen LogP contribution is 2.38. The zero-order chi connectivity index (χ0) is 10.7. The monoisotopic (exact) mass is 204 g/mol. The van der Waals surface area contributed by atoms with Crippen LogP contribution >= 0.6 is 0 Å². The molecule has 0 unspecified atom stereocenters. The van der Waals surface area contributed by atoms with Crippen LogP contribution in [-0.4, -0.2) is 6.61 Å². The van der Waals surface area contributed by atoms with Crippen LogP contribution in [0.15, 0.2) is 34.5 Å². The molecule has 0 aromatic heterocycles. The van der Waals surface area contributed by atoms with Crippen LogP contribution < -0.4 is 0 Å². The first kappa shape index (κ1) is 10.3. The molecule has 0 fully saturated rings. The number of hydrogen-bond donors (Lipinski definition) is 0. The summed E-state index contributed by atoms with van der Waals surface area (Å²) < 4.78 is 5.46. The fourth-order valence-corrected chi connectivity index (χ4v) is 1.44. The number of hydrogen-bond acceptors (Lipinski definition) is 3. The summed E-state index contributed by atoms with van der Waals surface area (Å²) >= 11 is 0. The Morgan fingerprint density at radius 3 is 2.40 bits per heavy atom. The molecule has 1 aliphatic heterocycles. The van der Waals surface area contributed by atoms with Gasteiger partial charge in [-0.15, -0.1) is 0 Å². The van der Waals surface area contributed by atoms with Gasteiger partial charge >= 0.3 is 0 Å². The van der Waals surface area contributed by atoms with Crippen molar-refractivity contribution in [3.05, 3.63) is 35.4 Å². The lowest BCUT2D eigenvalue weighted by Crippen LogP contribution is -2.02. The maximum atomic E-state index is 5.46. The van der Waals surface area contributed by atoms with Gasteiger partial charge in [0, 0.05) is 12.2 Å². The molecule has 1 aromatic rings. The van der Waals surface area contributed by atoms with Crippen LogP contribution in [0.3, 0.4) is 0 Å². The molecule has 1 aromatic carbocycles. The average molecular weight is 204 g/mol. The highest BCUT2D eigenvalue weighted by atomic mass is 16.5. The maximum Gasteiger partial charge on any atom is 0.213 e. The second kappa shape index (κ2) is 4.11. The van der Waals surface area contributed by atoms with Gasteiger partial charge in [0.2, 0.25) is 5.66 Å². The van der Waals surface area contributed by atoms with Crippen LogP contribution in [0.1, 0.15) is 31.4 Å². The molecule has 0 amide bonds. The first-order valence-corrected chi connectivity index (χ1v) is 5.36. The SMILES string of the molecule is CCCOCc1ccc(C2(C)N=N2)cc1. The molecule has 1 aliphatic rings. The van der Waals surface area contributed by atoms with Gasteiger partial charge < -0.3 is 4.74 Å². The van der Waals surface area contributed by atoms with Gasteiger partial charge in [-0.1, -0.05) is 31.2 Å². The van der Waals surface area contributed by atoms with E-state index in [4.69, 9.17) is 4.74 Å². The normalized spacial score (nSPS) is 16.7. The summed E-state index contributed by atoms with van der Waals surface area (Å²) in [6.07, 6.45) is 1.06. The molecule has 0 aliphatic carbocycles. The Balaban J connectivity index is 1.92. The molecule has 3 nitrogen and oxygen atoms in total. The van der Waals surface area contributed by atoms with E-state index < -0.39 is 0 Å². The molecule has 15 heavy (non-hydrogen) atoms. The van der Waals surface area contributed by atoms with Gasteiger partial charge in [0.1, 0.15) is 0 Å². The number of rotatable bonds is 5. The lowest BCUT2D eigenvalue weighted by molar-refractivity contribution is 0.121. The summed E-state index contributed by atoms with van der Waals surface area (Å²) in [6.45, 7) is 5.64. The Labute approximate surface area is 90.2 Å². The van der Waals surface area contributed by atoms with E-state index in [-0.39, 0.29) is 5.66 Å². The van der Waals surface area contributed by atoms with Gasteiger partial charge in [0.25, 0.3) is 0 Å². The summed E-state index contributed by atoms with van der Waals surface area (Å²) in [5.74, 6) is 0. The van der Waals surface area contributed by atoms with Crippen LogP contribution in [-0.2, 0) is 17.0 Å². The van der Waals surface area contributed by atoms with Gasteiger partial charge in [-0.25, -0.2) is 0 Å². The Bertz CT molecular complexity index is 350. The van der Waals surface area contributed by atoms with Crippen LogP contribution in [0.25, 0.3) is 0 Å². The van der Waals surface area contributed by atoms with Gasteiger partial charge in [-0.3, -0.25) is 0 Å². The minimum Gasteiger partial charge on any atom is -0.377 e. The maximum absolute atomic E-state index is 5.46. The number of benzene rings is 1. The molecular weight excluding hydrogens is 188 g/mol. The Morgan fingerprint density at radius 1 is 1.20 bits per heavy atom. The van der Waals surface area contributed by atoms with Crippen LogP contribution in [0, 0.1) is 0 Å². The fraction of sp³-hybridized carbons (Fsp3) is 0.500. The smallest absolute Gasteiger partial charge is 0.213 e. The Hall–Kier alpha value is -1.22. The van der Waals surface area contributed by atoms with Crippen LogP contribution in [0.2, 0.25) is 0 Å². The summed E-state index contributed by atoms with van der Waals surface area (Å²) in [6, 6.07) is 8.31. The molecule has 0 N–H and O–H groups in total. The lowest BCUT2D eigenvalue weighted by Gasteiger charge is -2.06. The lowest BCUT2D eigenvalue weighted by atomic mass is 10.0. The standard InChI is InChI=1S/C12H16N2O/c1-3-8-15-9-10-4-6-11(7-5-10)12(2)13-14-12/h4-7H,3,8-9H2,1-2H3. The topological polar surface area (TPSA) is 34.0 Å². The molecule has 0 bridgehead atoms. The second-order valence-electron chi connectivity index (χ2n) is 3.97. The predicted octanol–water partition coefficient (Wildman–Crippen LogP) is 3.25. The van der Waals surface area contributed by atoms with E-state index in [2.05, 4.69) is 41.4 Å². The molecule has 0 spiro atoms. The molecule has 80 valence electrons. The fourth-order valence-electron chi connectivity index (χ4n) is 1.44. The minimum absolute atomic E-state index is 0.261. The van der Waals surface area contributed by atoms with Crippen molar-refractivity contribution in [2.45, 2.75) is 32.5 Å². The number of nitrogens with zero attached hydrogens (tertiary/aromatic N) is 2. The van der Waals surface area contributed by atoms with E-state index in [1.807, 2.05) is 6.92 Å². The highest BCUT2D eigenvalue weighted by Gasteiger charge is 2.35. The number of ether oxygens (including phenoxy) is 1. The largest absolute Gasteiger partial charge is 0.377 e. The highest BCUT2D eigenvalue weighted by molar-refractivity contribution is 5.29. The van der Waals surface area contributed by atoms with Crippen molar-refractivity contribution in [2.75, 3.05) is 6.61 Å². The molecular formula is C12H16N2O. The van der Waals surface area contributed by atoms with E-state index in [0.717, 1.165) is 18.6 Å². The summed E-state index contributed by atoms with van der Waals surface area (Å²) in [7, 11) is 0. The van der Waals surface area contributed by atoms with Crippen molar-refractivity contribution in [2.24, 2.45) is 10.2 Å². The van der Waals surface area contributed by atoms with Crippen molar-refractivity contribution < 1.29 is 4.74 Å². The molecule has 0 atom stereocenters. The van der Waals surface area contributed by atoms with E-state index in [1.165, 1.54) is 5.56 Å². The van der Waals surface area contributed by atoms with Crippen molar-refractivity contribution >= 4 is 0 Å². The third-order valence-electron chi connectivity index (χ3n) is 2.52. The van der Waals surface area contributed by atoms with Crippen molar-refractivity contribution in [1.82, 2.24) is 0 Å². The van der Waals surface area contributed by atoms with Gasteiger partial charge in [0.15, 0.2) is 0 Å². The molecule has 0 saturated carbocycles. The molecule has 1 heterocycles. The minimum atomic E-state index is -0.261. The first-order chi connectivity index (χ1) is 7.24. The Morgan fingerprint density at radius 2 is 1.87 bits per heavy atom. The summed E-state index contributed by atoms with van der Waals surface area (Å²) in [4.78, 5) is 0. The molecule has 3 heteroatoms. The first-order valence-electron chi connectivity index (χ1n) is 5.36. The average Bonchev–Trinajstić information content (AvgIpc) is 2.99. The van der Waals surface area contributed by atoms with Crippen LogP contribution in [0.5, 0.6) is 0 Å². The van der Waals surface area contributed by atoms with Crippen molar-refractivity contribution in [3.8, 4) is 0 Å². The molecule has 2 rings (SSSR count). The zero-order valence-corrected chi connectivity index (χ0v) is 9.23. The van der Waals surface area contributed by atoms with Crippen LogP contribution in [0.4, 0.5) is 0 Å². The molecule has 0 saturated heterocycles. The second-order valence-corrected chi connectivity index (χ2v) is 3.97. The predicted molar refractivity (Wildman–Crippen MR) is 58.6 cm³/mol. The van der Waals surface area contributed by atoms with Crippen molar-refractivity contribution in [1.29, 1.82) is 0 Å². The van der Waals surface area contributed by atoms with E-state index in [0.29, 0.717) is 6.61 Å². The molecule has 0 radical (unpaired) electrons. The van der Waals surface area contributed by atoms with Gasteiger partial charge in [0.05, 0.1) is 6.61 Å². The van der Waals surface area contributed by atoms with Gasteiger partial charge in [-0.2, -0.15) is 10.2 Å². The van der Waals surface area contributed by atoms with E-state index >= 15 is 0 Å².